The van der Waals surface area contributed by atoms with E-state index in [-0.39, 0.29) is 12.6 Å². The molecule has 10 heteroatoms. The number of nitrogen functional groups attached to an aromatic ring is 1. The number of nitrogens with zero attached hydrogens (tertiary/aromatic N) is 5. The van der Waals surface area contributed by atoms with Crippen molar-refractivity contribution < 1.29 is 9.13 Å². The van der Waals surface area contributed by atoms with Crippen LogP contribution in [0.5, 0.6) is 0 Å². The van der Waals surface area contributed by atoms with Crippen LogP contribution in [0.2, 0.25) is 0 Å². The van der Waals surface area contributed by atoms with Gasteiger partial charge in [-0.25, -0.2) is 9.37 Å². The molecule has 3 aromatic heterocycles. The molecule has 0 radical (unpaired) electrons. The van der Waals surface area contributed by atoms with E-state index in [9.17, 15) is 4.39 Å². The second-order valence-electron chi connectivity index (χ2n) is 5.33. The molecule has 23 heavy (non-hydrogen) atoms. The van der Waals surface area contributed by atoms with Gasteiger partial charge in [0, 0.05) is 18.4 Å². The van der Waals surface area contributed by atoms with Crippen molar-refractivity contribution in [2.45, 2.75) is 18.6 Å². The SMILES string of the molecule is Nc1c(-c2cn[nH]c2)ncn2nc(N[C@H]3CCOC[C@H]3F)nc12. The summed E-state index contributed by atoms with van der Waals surface area (Å²) < 4.78 is 20.4. The van der Waals surface area contributed by atoms with Crippen LogP contribution in [-0.4, -0.2) is 55.2 Å². The summed E-state index contributed by atoms with van der Waals surface area (Å²) in [6.45, 7) is 0.596. The lowest BCUT2D eigenvalue weighted by Crippen LogP contribution is -2.39. The van der Waals surface area contributed by atoms with E-state index in [0.29, 0.717) is 36.0 Å². The second-order valence-corrected chi connectivity index (χ2v) is 5.33. The highest BCUT2D eigenvalue weighted by atomic mass is 19.1. The monoisotopic (exact) mass is 318 g/mol. The number of alkyl halides is 1. The van der Waals surface area contributed by atoms with Crippen LogP contribution in [0.1, 0.15) is 6.42 Å². The Morgan fingerprint density at radius 3 is 3.17 bits per heavy atom. The summed E-state index contributed by atoms with van der Waals surface area (Å²) in [7, 11) is 0. The van der Waals surface area contributed by atoms with Crippen molar-refractivity contribution >= 4 is 17.3 Å². The minimum absolute atomic E-state index is 0.0827. The lowest BCUT2D eigenvalue weighted by molar-refractivity contribution is 0.0284. The number of rotatable bonds is 3. The molecule has 120 valence electrons. The molecule has 3 aromatic rings. The van der Waals surface area contributed by atoms with Gasteiger partial charge in [-0.1, -0.05) is 0 Å². The van der Waals surface area contributed by atoms with Crippen LogP contribution < -0.4 is 11.1 Å². The third kappa shape index (κ3) is 2.46. The number of halogens is 1. The smallest absolute Gasteiger partial charge is 0.243 e. The number of aromatic nitrogens is 6. The van der Waals surface area contributed by atoms with E-state index in [4.69, 9.17) is 10.5 Å². The maximum atomic E-state index is 13.8. The largest absolute Gasteiger partial charge is 0.394 e. The molecule has 0 spiro atoms. The van der Waals surface area contributed by atoms with E-state index >= 15 is 0 Å². The van der Waals surface area contributed by atoms with Crippen molar-refractivity contribution in [3.8, 4) is 11.3 Å². The molecule has 1 aliphatic heterocycles. The number of nitrogens with one attached hydrogen (secondary N) is 2. The summed E-state index contributed by atoms with van der Waals surface area (Å²) in [6.07, 6.45) is 4.31. The topological polar surface area (TPSA) is 119 Å². The highest BCUT2D eigenvalue weighted by Crippen LogP contribution is 2.26. The minimum atomic E-state index is -1.09. The predicted molar refractivity (Wildman–Crippen MR) is 80.5 cm³/mol. The molecule has 1 fully saturated rings. The number of aromatic amines is 1. The first-order valence-corrected chi connectivity index (χ1v) is 7.21. The van der Waals surface area contributed by atoms with Gasteiger partial charge in [0.05, 0.1) is 18.8 Å². The van der Waals surface area contributed by atoms with E-state index in [1.807, 2.05) is 0 Å². The molecule has 0 saturated carbocycles. The third-order valence-electron chi connectivity index (χ3n) is 3.80. The lowest BCUT2D eigenvalue weighted by atomic mass is 10.1. The molecule has 4 rings (SSSR count). The van der Waals surface area contributed by atoms with Gasteiger partial charge in [0.15, 0.2) is 5.65 Å². The Morgan fingerprint density at radius 1 is 1.48 bits per heavy atom. The van der Waals surface area contributed by atoms with E-state index in [1.54, 1.807) is 12.4 Å². The van der Waals surface area contributed by atoms with Crippen molar-refractivity contribution in [1.29, 1.82) is 0 Å². The van der Waals surface area contributed by atoms with Gasteiger partial charge in [0.25, 0.3) is 0 Å². The predicted octanol–water partition coefficient (Wildman–Crippen LogP) is 0.635. The summed E-state index contributed by atoms with van der Waals surface area (Å²) in [5, 5.41) is 13.8. The molecule has 0 bridgehead atoms. The molecule has 2 atom stereocenters. The summed E-state index contributed by atoms with van der Waals surface area (Å²) in [5.74, 6) is 0.317. The van der Waals surface area contributed by atoms with Crippen LogP contribution in [0.4, 0.5) is 16.0 Å². The number of hydrogen-bond donors (Lipinski definition) is 3. The molecule has 0 amide bonds. The number of H-pyrrole nitrogens is 1. The van der Waals surface area contributed by atoms with Crippen LogP contribution in [0.15, 0.2) is 18.7 Å². The van der Waals surface area contributed by atoms with Gasteiger partial charge in [0.2, 0.25) is 5.95 Å². The van der Waals surface area contributed by atoms with Crippen LogP contribution >= 0.6 is 0 Å². The van der Waals surface area contributed by atoms with Crippen molar-refractivity contribution in [1.82, 2.24) is 29.8 Å². The molecule has 4 heterocycles. The quantitative estimate of drug-likeness (QED) is 0.648. The zero-order valence-electron chi connectivity index (χ0n) is 12.1. The average molecular weight is 318 g/mol. The Labute approximate surface area is 130 Å². The lowest BCUT2D eigenvalue weighted by Gasteiger charge is -2.26. The van der Waals surface area contributed by atoms with E-state index in [2.05, 4.69) is 30.6 Å². The van der Waals surface area contributed by atoms with Crippen LogP contribution in [0, 0.1) is 0 Å². The number of hydrogen-bond acceptors (Lipinski definition) is 7. The van der Waals surface area contributed by atoms with Crippen LogP contribution in [0.25, 0.3) is 16.9 Å². The first-order valence-electron chi connectivity index (χ1n) is 7.21. The highest BCUT2D eigenvalue weighted by molar-refractivity contribution is 5.81. The zero-order chi connectivity index (χ0) is 15.8. The van der Waals surface area contributed by atoms with Crippen molar-refractivity contribution in [2.75, 3.05) is 24.3 Å². The molecule has 1 saturated heterocycles. The van der Waals surface area contributed by atoms with Crippen LogP contribution in [-0.2, 0) is 4.74 Å². The van der Waals surface area contributed by atoms with Gasteiger partial charge in [-0.05, 0) is 6.42 Å². The Bertz CT molecular complexity index is 817. The normalized spacial score (nSPS) is 21.6. The standard InChI is InChI=1S/C13H15FN8O/c14-8-5-23-2-1-9(8)19-13-20-12-10(15)11(7-3-17-18-4-7)16-6-22(12)21-13/h3-4,6,8-9H,1-2,5,15H2,(H,17,18)(H,19,21)/t8-,9+/m1/s1. The molecule has 0 aromatic carbocycles. The zero-order valence-corrected chi connectivity index (χ0v) is 12.1. The molecule has 1 aliphatic rings. The molecule has 0 unspecified atom stereocenters. The van der Waals surface area contributed by atoms with Crippen molar-refractivity contribution in [3.05, 3.63) is 18.7 Å². The number of anilines is 2. The Kier molecular flexibility index (Phi) is 3.30. The fraction of sp³-hybridized carbons (Fsp3) is 0.385. The average Bonchev–Trinajstić information content (AvgIpc) is 3.19. The van der Waals surface area contributed by atoms with Gasteiger partial charge in [-0.2, -0.15) is 14.6 Å². The number of nitrogens with two attached hydrogens (primary N) is 1. The molecular formula is C13H15FN8O. The van der Waals surface area contributed by atoms with Crippen LogP contribution in [0.3, 0.4) is 0 Å². The molecular weight excluding hydrogens is 303 g/mol. The first kappa shape index (κ1) is 13.9. The summed E-state index contributed by atoms with van der Waals surface area (Å²) in [5.41, 5.74) is 8.31. The Hall–Kier alpha value is -2.75. The van der Waals surface area contributed by atoms with Gasteiger partial charge < -0.3 is 15.8 Å². The highest BCUT2D eigenvalue weighted by Gasteiger charge is 2.26. The fourth-order valence-electron chi connectivity index (χ4n) is 2.58. The van der Waals surface area contributed by atoms with Crippen molar-refractivity contribution in [3.63, 3.8) is 0 Å². The second kappa shape index (κ2) is 5.47. The number of ether oxygens (including phenoxy) is 1. The number of fused-ring (bicyclic) bond motifs is 1. The van der Waals surface area contributed by atoms with E-state index < -0.39 is 6.17 Å². The third-order valence-corrected chi connectivity index (χ3v) is 3.80. The van der Waals surface area contributed by atoms with Gasteiger partial charge in [-0.3, -0.25) is 5.10 Å². The van der Waals surface area contributed by atoms with E-state index in [0.717, 1.165) is 5.56 Å². The molecule has 9 nitrogen and oxygen atoms in total. The molecule has 0 aliphatic carbocycles. The fourth-order valence-corrected chi connectivity index (χ4v) is 2.58. The van der Waals surface area contributed by atoms with Gasteiger partial charge >= 0.3 is 0 Å². The first-order chi connectivity index (χ1) is 11.2. The van der Waals surface area contributed by atoms with Gasteiger partial charge in [0.1, 0.15) is 23.9 Å². The summed E-state index contributed by atoms with van der Waals surface area (Å²) in [6, 6.07) is -0.372. The Morgan fingerprint density at radius 2 is 2.39 bits per heavy atom. The van der Waals surface area contributed by atoms with Crippen molar-refractivity contribution in [2.24, 2.45) is 0 Å². The summed E-state index contributed by atoms with van der Waals surface area (Å²) >= 11 is 0. The summed E-state index contributed by atoms with van der Waals surface area (Å²) in [4.78, 5) is 8.63. The molecule has 4 N–H and O–H groups in total. The minimum Gasteiger partial charge on any atom is -0.394 e. The van der Waals surface area contributed by atoms with E-state index in [1.165, 1.54) is 10.8 Å². The maximum Gasteiger partial charge on any atom is 0.243 e. The van der Waals surface area contributed by atoms with Gasteiger partial charge in [-0.15, -0.1) is 5.10 Å². The Balaban J connectivity index is 1.66. The maximum absolute atomic E-state index is 13.8.